The van der Waals surface area contributed by atoms with Crippen molar-refractivity contribution in [2.75, 3.05) is 0 Å². The van der Waals surface area contributed by atoms with Crippen LogP contribution in [-0.2, 0) is 10.1 Å². The first-order valence-corrected chi connectivity index (χ1v) is 13.0. The minimum Gasteiger partial charge on any atom is -0.423 e. The molecule has 0 fully saturated rings. The average Bonchev–Trinajstić information content (AvgIpc) is 2.56. The summed E-state index contributed by atoms with van der Waals surface area (Å²) in [6, 6.07) is 6.68. The van der Waals surface area contributed by atoms with Crippen LogP contribution in [0.4, 0.5) is 0 Å². The predicted molar refractivity (Wildman–Crippen MR) is 134 cm³/mol. The largest absolute Gasteiger partial charge is 0.423 e. The van der Waals surface area contributed by atoms with Crippen molar-refractivity contribution in [2.24, 2.45) is 0 Å². The fourth-order valence-corrected chi connectivity index (χ4v) is 5.91. The fourth-order valence-electron chi connectivity index (χ4n) is 2.66. The average molecular weight is 740 g/mol. The van der Waals surface area contributed by atoms with Gasteiger partial charge in [0.15, 0.2) is 0 Å². The molecule has 2 aromatic rings. The normalized spacial score (nSPS) is 11.9. The summed E-state index contributed by atoms with van der Waals surface area (Å²) in [6.07, 6.45) is 0. The Bertz CT molecular complexity index is 1030. The summed E-state index contributed by atoms with van der Waals surface area (Å²) in [5.74, 6) is -0.494. The number of hydrogen-bond donors (Lipinski definition) is 1. The summed E-state index contributed by atoms with van der Waals surface area (Å²) in [5.41, 5.74) is 1.40. The second kappa shape index (κ2) is 9.43. The van der Waals surface area contributed by atoms with Crippen LogP contribution in [-0.4, -0.2) is 18.9 Å². The van der Waals surface area contributed by atoms with Crippen molar-refractivity contribution < 1.29 is 22.5 Å². The number of hydrogen-bond acceptors (Lipinski definition) is 4. The van der Waals surface area contributed by atoms with Crippen LogP contribution < -0.4 is 4.74 Å². The first-order chi connectivity index (χ1) is 12.8. The van der Waals surface area contributed by atoms with Gasteiger partial charge in [-0.1, -0.05) is 27.7 Å². The molecule has 1 N–H and O–H groups in total. The highest BCUT2D eigenvalue weighted by Crippen LogP contribution is 2.36. The SMILES string of the molecule is CC(C)c1cc(S(=O)(=O)O)c(C(C)C)cc1OC(=O)c1cc(I)cc(I)c1I. The second-order valence-electron chi connectivity index (χ2n) is 6.85. The standard InChI is InChI=1S/C19H19I3O5S/c1-9(2)12-8-17(28(24,25)26)13(10(3)4)7-16(12)27-19(23)14-5-11(20)6-15(21)18(14)22/h5-10H,1-4H3,(H,24,25,26). The maximum atomic E-state index is 12.9. The van der Waals surface area contributed by atoms with Gasteiger partial charge < -0.3 is 4.74 Å². The smallest absolute Gasteiger partial charge is 0.344 e. The summed E-state index contributed by atoms with van der Waals surface area (Å²) < 4.78 is 41.7. The van der Waals surface area contributed by atoms with Crippen LogP contribution in [0.25, 0.3) is 0 Å². The van der Waals surface area contributed by atoms with Crippen molar-refractivity contribution in [1.82, 2.24) is 0 Å². The molecule has 0 aliphatic rings. The Morgan fingerprint density at radius 3 is 2.04 bits per heavy atom. The van der Waals surface area contributed by atoms with Gasteiger partial charge in [0, 0.05) is 10.7 Å². The molecule has 2 rings (SSSR count). The zero-order chi connectivity index (χ0) is 21.4. The van der Waals surface area contributed by atoms with Gasteiger partial charge in [-0.2, -0.15) is 8.42 Å². The molecule has 0 radical (unpaired) electrons. The van der Waals surface area contributed by atoms with Crippen molar-refractivity contribution in [3.8, 4) is 5.75 Å². The Labute approximate surface area is 206 Å². The molecule has 9 heteroatoms. The van der Waals surface area contributed by atoms with E-state index < -0.39 is 16.1 Å². The lowest BCUT2D eigenvalue weighted by atomic mass is 9.96. The highest BCUT2D eigenvalue weighted by molar-refractivity contribution is 14.1. The minimum absolute atomic E-state index is 0.111. The van der Waals surface area contributed by atoms with Gasteiger partial charge in [0.05, 0.1) is 10.5 Å². The first-order valence-electron chi connectivity index (χ1n) is 8.35. The van der Waals surface area contributed by atoms with E-state index in [9.17, 15) is 17.8 Å². The number of carbonyl (C=O) groups is 1. The van der Waals surface area contributed by atoms with E-state index in [0.29, 0.717) is 22.4 Å². The summed E-state index contributed by atoms with van der Waals surface area (Å²) in [4.78, 5) is 12.7. The lowest BCUT2D eigenvalue weighted by molar-refractivity contribution is 0.0731. The molecule has 0 aliphatic heterocycles. The third-order valence-electron chi connectivity index (χ3n) is 4.08. The van der Waals surface area contributed by atoms with Gasteiger partial charge in [-0.15, -0.1) is 0 Å². The maximum Gasteiger partial charge on any atom is 0.344 e. The topological polar surface area (TPSA) is 80.7 Å². The van der Waals surface area contributed by atoms with Gasteiger partial charge in [-0.05, 0) is 115 Å². The van der Waals surface area contributed by atoms with Crippen LogP contribution in [0.5, 0.6) is 5.75 Å². The molecular formula is C19H19I3O5S. The predicted octanol–water partition coefficient (Wildman–Crippen LogP) is 6.21. The van der Waals surface area contributed by atoms with Gasteiger partial charge in [-0.25, -0.2) is 4.79 Å². The molecule has 28 heavy (non-hydrogen) atoms. The van der Waals surface area contributed by atoms with Crippen molar-refractivity contribution in [3.05, 3.63) is 51.7 Å². The van der Waals surface area contributed by atoms with Crippen LogP contribution >= 0.6 is 67.8 Å². The molecule has 152 valence electrons. The van der Waals surface area contributed by atoms with Crippen LogP contribution in [0.3, 0.4) is 0 Å². The van der Waals surface area contributed by atoms with Gasteiger partial charge >= 0.3 is 5.97 Å². The van der Waals surface area contributed by atoms with E-state index in [0.717, 1.165) is 10.7 Å². The quantitative estimate of drug-likeness (QED) is 0.130. The molecular weight excluding hydrogens is 721 g/mol. The van der Waals surface area contributed by atoms with Crippen LogP contribution in [0, 0.1) is 10.7 Å². The van der Waals surface area contributed by atoms with Crippen LogP contribution in [0.15, 0.2) is 29.2 Å². The Morgan fingerprint density at radius 2 is 1.54 bits per heavy atom. The van der Waals surface area contributed by atoms with Crippen molar-refractivity contribution in [2.45, 2.75) is 44.4 Å². The molecule has 0 heterocycles. The van der Waals surface area contributed by atoms with Crippen molar-refractivity contribution >= 4 is 83.9 Å². The Morgan fingerprint density at radius 1 is 0.964 bits per heavy atom. The molecule has 0 amide bonds. The maximum absolute atomic E-state index is 12.9. The fraction of sp³-hybridized carbons (Fsp3) is 0.316. The third kappa shape index (κ3) is 5.58. The summed E-state index contributed by atoms with van der Waals surface area (Å²) in [7, 11) is -4.39. The molecule has 0 saturated heterocycles. The molecule has 0 unspecified atom stereocenters. The van der Waals surface area contributed by atoms with Gasteiger partial charge in [0.25, 0.3) is 10.1 Å². The molecule has 0 spiro atoms. The molecule has 2 aromatic carbocycles. The highest BCUT2D eigenvalue weighted by Gasteiger charge is 2.25. The second-order valence-corrected chi connectivity index (χ2v) is 11.7. The molecule has 0 saturated carbocycles. The number of halogens is 3. The molecule has 0 aromatic heterocycles. The van der Waals surface area contributed by atoms with E-state index in [4.69, 9.17) is 4.74 Å². The first kappa shape index (κ1) is 24.3. The molecule has 0 bridgehead atoms. The Balaban J connectivity index is 2.62. The molecule has 0 aliphatic carbocycles. The van der Waals surface area contributed by atoms with Crippen molar-refractivity contribution in [3.63, 3.8) is 0 Å². The van der Waals surface area contributed by atoms with E-state index >= 15 is 0 Å². The number of esters is 1. The van der Waals surface area contributed by atoms with E-state index in [1.165, 1.54) is 6.07 Å². The summed E-state index contributed by atoms with van der Waals surface area (Å²) >= 11 is 6.43. The summed E-state index contributed by atoms with van der Waals surface area (Å²) in [5, 5.41) is 0. The minimum atomic E-state index is -4.39. The van der Waals surface area contributed by atoms with Gasteiger partial charge in [0.1, 0.15) is 5.75 Å². The number of rotatable bonds is 5. The Hall–Kier alpha value is 0.0100. The van der Waals surface area contributed by atoms with E-state index in [1.54, 1.807) is 12.1 Å². The number of ether oxygens (including phenoxy) is 1. The number of benzene rings is 2. The molecule has 0 atom stereocenters. The highest BCUT2D eigenvalue weighted by atomic mass is 127. The zero-order valence-electron chi connectivity index (χ0n) is 15.6. The van der Waals surface area contributed by atoms with E-state index in [2.05, 4.69) is 67.8 Å². The molecule has 5 nitrogen and oxygen atoms in total. The number of carbonyl (C=O) groups excluding carboxylic acids is 1. The van der Waals surface area contributed by atoms with Gasteiger partial charge in [0.2, 0.25) is 0 Å². The third-order valence-corrected chi connectivity index (χ3v) is 8.66. The van der Waals surface area contributed by atoms with Crippen LogP contribution in [0.2, 0.25) is 0 Å². The lowest BCUT2D eigenvalue weighted by Gasteiger charge is -2.19. The Kier molecular flexibility index (Phi) is 8.18. The lowest BCUT2D eigenvalue weighted by Crippen LogP contribution is -2.15. The van der Waals surface area contributed by atoms with Crippen molar-refractivity contribution in [1.29, 1.82) is 0 Å². The monoisotopic (exact) mass is 740 g/mol. The van der Waals surface area contributed by atoms with E-state index in [-0.39, 0.29) is 16.7 Å². The van der Waals surface area contributed by atoms with E-state index in [1.807, 2.05) is 33.8 Å². The zero-order valence-corrected chi connectivity index (χ0v) is 22.9. The van der Waals surface area contributed by atoms with Crippen LogP contribution in [0.1, 0.15) is 61.0 Å². The summed E-state index contributed by atoms with van der Waals surface area (Å²) in [6.45, 7) is 7.37. The van der Waals surface area contributed by atoms with Gasteiger partial charge in [-0.3, -0.25) is 4.55 Å².